The number of carbonyl (C=O) groups excluding carboxylic acids is 2. The number of cyclic esters (lactones) is 1. The number of esters is 1. The van der Waals surface area contributed by atoms with Crippen LogP contribution in [0, 0.1) is 6.92 Å². The van der Waals surface area contributed by atoms with Crippen molar-refractivity contribution in [2.45, 2.75) is 63.0 Å². The van der Waals surface area contributed by atoms with Gasteiger partial charge in [-0.25, -0.2) is 18.0 Å². The van der Waals surface area contributed by atoms with Crippen LogP contribution in [0.5, 0.6) is 0 Å². The fourth-order valence-corrected chi connectivity index (χ4v) is 4.82. The van der Waals surface area contributed by atoms with Crippen molar-refractivity contribution in [3.8, 4) is 0 Å². The lowest BCUT2D eigenvalue weighted by molar-refractivity contribution is -0.158. The SMILES string of the molecule is CCCCC[C@@H]1OC(=O)N(S(=O)(=O)c2ccc(C)cc2)[C@@]1(COC(C)=O)C(=O)O. The van der Waals surface area contributed by atoms with Crippen LogP contribution in [0.4, 0.5) is 4.79 Å². The number of carbonyl (C=O) groups is 3. The molecule has 10 heteroatoms. The van der Waals surface area contributed by atoms with Gasteiger partial charge in [-0.2, -0.15) is 4.31 Å². The molecule has 9 nitrogen and oxygen atoms in total. The van der Waals surface area contributed by atoms with Gasteiger partial charge in [-0.1, -0.05) is 37.5 Å². The Morgan fingerprint density at radius 1 is 1.24 bits per heavy atom. The van der Waals surface area contributed by atoms with Gasteiger partial charge in [-0.3, -0.25) is 4.79 Å². The normalized spacial score (nSPS) is 21.7. The average Bonchev–Trinajstić information content (AvgIpc) is 2.93. The van der Waals surface area contributed by atoms with Crippen molar-refractivity contribution in [3.05, 3.63) is 29.8 Å². The van der Waals surface area contributed by atoms with Crippen LogP contribution in [0.15, 0.2) is 29.2 Å². The van der Waals surface area contributed by atoms with Gasteiger partial charge in [0.25, 0.3) is 10.0 Å². The van der Waals surface area contributed by atoms with Crippen molar-refractivity contribution in [2.24, 2.45) is 0 Å². The highest BCUT2D eigenvalue weighted by atomic mass is 32.2. The van der Waals surface area contributed by atoms with Crippen LogP contribution in [0.1, 0.15) is 45.1 Å². The molecular weight excluding hydrogens is 402 g/mol. The summed E-state index contributed by atoms with van der Waals surface area (Å²) in [5.41, 5.74) is -1.60. The molecule has 29 heavy (non-hydrogen) atoms. The van der Waals surface area contributed by atoms with Crippen LogP contribution < -0.4 is 0 Å². The zero-order chi connectivity index (χ0) is 21.8. The second-order valence-corrected chi connectivity index (χ2v) is 8.75. The summed E-state index contributed by atoms with van der Waals surface area (Å²) in [5, 5.41) is 10.0. The van der Waals surface area contributed by atoms with E-state index in [9.17, 15) is 27.9 Å². The first-order chi connectivity index (χ1) is 13.6. The molecule has 1 saturated heterocycles. The number of nitrogens with zero attached hydrogens (tertiary/aromatic N) is 1. The maximum atomic E-state index is 13.2. The third-order valence-electron chi connectivity index (χ3n) is 4.80. The van der Waals surface area contributed by atoms with Crippen LogP contribution >= 0.6 is 0 Å². The number of amides is 1. The number of carboxylic acids is 1. The summed E-state index contributed by atoms with van der Waals surface area (Å²) in [6.07, 6.45) is -0.395. The molecule has 2 atom stereocenters. The average molecular weight is 427 g/mol. The molecule has 1 N–H and O–H groups in total. The van der Waals surface area contributed by atoms with Crippen molar-refractivity contribution >= 4 is 28.1 Å². The molecule has 0 spiro atoms. The van der Waals surface area contributed by atoms with Gasteiger partial charge in [0.15, 0.2) is 0 Å². The molecule has 1 aromatic rings. The molecule has 0 aromatic heterocycles. The summed E-state index contributed by atoms with van der Waals surface area (Å²) in [4.78, 5) is 36.0. The van der Waals surface area contributed by atoms with Crippen LogP contribution in [-0.4, -0.2) is 54.1 Å². The van der Waals surface area contributed by atoms with Gasteiger partial charge in [0, 0.05) is 6.92 Å². The molecule has 0 bridgehead atoms. The van der Waals surface area contributed by atoms with Gasteiger partial charge in [-0.15, -0.1) is 0 Å². The Morgan fingerprint density at radius 3 is 2.38 bits per heavy atom. The summed E-state index contributed by atoms with van der Waals surface area (Å²) in [5.74, 6) is -2.42. The standard InChI is InChI=1S/C19H25NO8S/c1-4-5-6-7-16-19(17(22)23,12-27-14(3)21)20(18(24)28-16)29(25,26)15-10-8-13(2)9-11-15/h8-11,16H,4-7,12H2,1-3H3,(H,22,23)/t16-,19+/m0/s1. The summed E-state index contributed by atoms with van der Waals surface area (Å²) in [6.45, 7) is 3.92. The zero-order valence-corrected chi connectivity index (χ0v) is 17.4. The summed E-state index contributed by atoms with van der Waals surface area (Å²) < 4.78 is 36.7. The fourth-order valence-electron chi connectivity index (χ4n) is 3.22. The van der Waals surface area contributed by atoms with Crippen molar-refractivity contribution < 1.29 is 37.4 Å². The van der Waals surface area contributed by atoms with Gasteiger partial charge in [-0.05, 0) is 31.9 Å². The van der Waals surface area contributed by atoms with Gasteiger partial charge in [0.05, 0.1) is 4.90 Å². The predicted octanol–water partition coefficient (Wildman–Crippen LogP) is 2.47. The van der Waals surface area contributed by atoms with E-state index in [1.165, 1.54) is 24.3 Å². The minimum Gasteiger partial charge on any atom is -0.479 e. The number of benzene rings is 1. The molecular formula is C19H25NO8S. The van der Waals surface area contributed by atoms with Gasteiger partial charge in [0.1, 0.15) is 12.7 Å². The molecule has 1 aliphatic rings. The Labute approximate surface area is 169 Å². The van der Waals surface area contributed by atoms with E-state index < -0.39 is 46.3 Å². The number of aryl methyl sites for hydroxylation is 1. The Morgan fingerprint density at radius 2 is 1.86 bits per heavy atom. The second kappa shape index (κ2) is 8.81. The lowest BCUT2D eigenvalue weighted by Gasteiger charge is -2.33. The monoisotopic (exact) mass is 427 g/mol. The van der Waals surface area contributed by atoms with Crippen molar-refractivity contribution in [3.63, 3.8) is 0 Å². The van der Waals surface area contributed by atoms with E-state index >= 15 is 0 Å². The Kier molecular flexibility index (Phi) is 6.89. The van der Waals surface area contributed by atoms with Crippen LogP contribution in [-0.2, 0) is 29.1 Å². The van der Waals surface area contributed by atoms with Gasteiger partial charge >= 0.3 is 18.0 Å². The number of hydrogen-bond donors (Lipinski definition) is 1. The van der Waals surface area contributed by atoms with Crippen LogP contribution in [0.2, 0.25) is 0 Å². The van der Waals surface area contributed by atoms with Crippen LogP contribution in [0.3, 0.4) is 0 Å². The van der Waals surface area contributed by atoms with E-state index in [1.807, 2.05) is 6.92 Å². The predicted molar refractivity (Wildman–Crippen MR) is 102 cm³/mol. The Hall–Kier alpha value is -2.62. The van der Waals surface area contributed by atoms with E-state index in [0.717, 1.165) is 25.3 Å². The number of ether oxygens (including phenoxy) is 2. The molecule has 0 unspecified atom stereocenters. The highest BCUT2D eigenvalue weighted by Gasteiger charge is 2.66. The molecule has 1 heterocycles. The van der Waals surface area contributed by atoms with Gasteiger partial charge < -0.3 is 14.6 Å². The van der Waals surface area contributed by atoms with E-state index in [2.05, 4.69) is 0 Å². The third-order valence-corrected chi connectivity index (χ3v) is 6.62. The van der Waals surface area contributed by atoms with Gasteiger partial charge in [0.2, 0.25) is 5.54 Å². The minimum absolute atomic E-state index is 0.118. The Bertz CT molecular complexity index is 880. The first-order valence-corrected chi connectivity index (χ1v) is 10.7. The number of sulfonamides is 1. The largest absolute Gasteiger partial charge is 0.479 e. The number of aliphatic carboxylic acids is 1. The van der Waals surface area contributed by atoms with E-state index in [-0.39, 0.29) is 15.6 Å². The minimum atomic E-state index is -4.58. The molecule has 0 aliphatic carbocycles. The topological polar surface area (TPSA) is 127 Å². The van der Waals surface area contributed by atoms with Crippen LogP contribution in [0.25, 0.3) is 0 Å². The number of rotatable bonds is 9. The first kappa shape index (κ1) is 22.7. The molecule has 0 radical (unpaired) electrons. The molecule has 1 amide bonds. The smallest absolute Gasteiger partial charge is 0.425 e. The first-order valence-electron chi connectivity index (χ1n) is 9.26. The lowest BCUT2D eigenvalue weighted by Crippen LogP contribution is -2.62. The maximum absolute atomic E-state index is 13.2. The zero-order valence-electron chi connectivity index (χ0n) is 16.6. The van der Waals surface area contributed by atoms with Crippen molar-refractivity contribution in [1.82, 2.24) is 4.31 Å². The third kappa shape index (κ3) is 4.36. The van der Waals surface area contributed by atoms with E-state index in [0.29, 0.717) is 6.42 Å². The molecule has 1 fully saturated rings. The molecule has 0 saturated carbocycles. The number of carboxylic acid groups (broad SMARTS) is 1. The quantitative estimate of drug-likeness (QED) is 0.470. The second-order valence-electron chi connectivity index (χ2n) is 6.96. The molecule has 1 aliphatic heterocycles. The lowest BCUT2D eigenvalue weighted by atomic mass is 9.90. The van der Waals surface area contributed by atoms with Crippen molar-refractivity contribution in [1.29, 1.82) is 0 Å². The highest BCUT2D eigenvalue weighted by molar-refractivity contribution is 7.89. The molecule has 1 aromatic carbocycles. The summed E-state index contributed by atoms with van der Waals surface area (Å²) in [6, 6.07) is 5.62. The summed E-state index contributed by atoms with van der Waals surface area (Å²) in [7, 11) is -4.58. The summed E-state index contributed by atoms with van der Waals surface area (Å²) >= 11 is 0. The highest BCUT2D eigenvalue weighted by Crippen LogP contribution is 2.39. The fraction of sp³-hybridized carbons (Fsp3) is 0.526. The van der Waals surface area contributed by atoms with E-state index in [1.54, 1.807) is 6.92 Å². The van der Waals surface area contributed by atoms with Crippen molar-refractivity contribution in [2.75, 3.05) is 6.61 Å². The number of unbranched alkanes of at least 4 members (excludes halogenated alkanes) is 2. The maximum Gasteiger partial charge on any atom is 0.425 e. The molecule has 2 rings (SSSR count). The van der Waals surface area contributed by atoms with E-state index in [4.69, 9.17) is 9.47 Å². The Balaban J connectivity index is 2.58. The molecule has 160 valence electrons. The number of hydrogen-bond acceptors (Lipinski definition) is 7.